The van der Waals surface area contributed by atoms with E-state index in [2.05, 4.69) is 45.2 Å². The van der Waals surface area contributed by atoms with E-state index in [4.69, 9.17) is 4.98 Å². The van der Waals surface area contributed by atoms with Gasteiger partial charge < -0.3 is 15.1 Å². The molecule has 0 aromatic carbocycles. The van der Waals surface area contributed by atoms with Crippen molar-refractivity contribution < 1.29 is 4.79 Å². The molecule has 0 saturated carbocycles. The van der Waals surface area contributed by atoms with Crippen LogP contribution in [0.1, 0.15) is 62.6 Å². The van der Waals surface area contributed by atoms with E-state index in [0.29, 0.717) is 12.3 Å². The Hall–Kier alpha value is -2.06. The SMILES string of the molecule is CCc1nnc(Nc2cccc(C3CCCN(C(=O)CCN4CCC(C)CC4)C3)n2)s1. The molecule has 168 valence electrons. The van der Waals surface area contributed by atoms with Gasteiger partial charge in [0.15, 0.2) is 0 Å². The number of anilines is 2. The smallest absolute Gasteiger partial charge is 0.223 e. The maximum absolute atomic E-state index is 12.9. The minimum Gasteiger partial charge on any atom is -0.342 e. The number of nitrogens with zero attached hydrogens (tertiary/aromatic N) is 5. The lowest BCUT2D eigenvalue weighted by Crippen LogP contribution is -2.41. The lowest BCUT2D eigenvalue weighted by Gasteiger charge is -2.34. The van der Waals surface area contributed by atoms with Gasteiger partial charge in [0.25, 0.3) is 0 Å². The van der Waals surface area contributed by atoms with Crippen LogP contribution in [0.5, 0.6) is 0 Å². The Morgan fingerprint density at radius 2 is 2.03 bits per heavy atom. The van der Waals surface area contributed by atoms with Gasteiger partial charge in [0, 0.05) is 37.7 Å². The largest absolute Gasteiger partial charge is 0.342 e. The van der Waals surface area contributed by atoms with Crippen LogP contribution in [0.2, 0.25) is 0 Å². The Labute approximate surface area is 189 Å². The Bertz CT molecular complexity index is 863. The molecule has 1 N–H and O–H groups in total. The first-order chi connectivity index (χ1) is 15.1. The lowest BCUT2D eigenvalue weighted by atomic mass is 9.94. The zero-order chi connectivity index (χ0) is 21.6. The molecule has 0 radical (unpaired) electrons. The Morgan fingerprint density at radius 3 is 2.81 bits per heavy atom. The monoisotopic (exact) mass is 442 g/mol. The third kappa shape index (κ3) is 6.01. The molecule has 0 bridgehead atoms. The number of pyridine rings is 1. The number of rotatable bonds is 7. The van der Waals surface area contributed by atoms with E-state index in [1.54, 1.807) is 11.3 Å². The maximum Gasteiger partial charge on any atom is 0.223 e. The standard InChI is InChI=1S/C23H34N6OS/c1-3-21-26-27-23(31-21)25-20-8-4-7-19(24-20)18-6-5-12-29(16-18)22(30)11-15-28-13-9-17(2)10-14-28/h4,7-8,17-18H,3,5-6,9-16H2,1-2H3,(H,24,25,27). The van der Waals surface area contributed by atoms with Crippen LogP contribution < -0.4 is 5.32 Å². The van der Waals surface area contributed by atoms with Gasteiger partial charge >= 0.3 is 0 Å². The average Bonchev–Trinajstić information content (AvgIpc) is 3.26. The van der Waals surface area contributed by atoms with Crippen molar-refractivity contribution in [3.05, 3.63) is 28.9 Å². The van der Waals surface area contributed by atoms with Crippen molar-refractivity contribution in [3.63, 3.8) is 0 Å². The van der Waals surface area contributed by atoms with Gasteiger partial charge in [0.2, 0.25) is 11.0 Å². The second kappa shape index (κ2) is 10.5. The Morgan fingerprint density at radius 1 is 1.19 bits per heavy atom. The molecule has 1 unspecified atom stereocenters. The summed E-state index contributed by atoms with van der Waals surface area (Å²) in [5.41, 5.74) is 1.05. The van der Waals surface area contributed by atoms with E-state index in [-0.39, 0.29) is 5.92 Å². The van der Waals surface area contributed by atoms with Crippen molar-refractivity contribution in [1.29, 1.82) is 0 Å². The van der Waals surface area contributed by atoms with Gasteiger partial charge in [-0.1, -0.05) is 31.3 Å². The quantitative estimate of drug-likeness (QED) is 0.697. The number of aryl methyl sites for hydroxylation is 1. The minimum atomic E-state index is 0.288. The number of nitrogens with one attached hydrogen (secondary N) is 1. The van der Waals surface area contributed by atoms with Crippen LogP contribution in [-0.2, 0) is 11.2 Å². The summed E-state index contributed by atoms with van der Waals surface area (Å²) in [6, 6.07) is 6.07. The number of hydrogen-bond acceptors (Lipinski definition) is 7. The van der Waals surface area contributed by atoms with Gasteiger partial charge in [0.05, 0.1) is 0 Å². The number of carbonyl (C=O) groups is 1. The molecular formula is C23H34N6OS. The summed E-state index contributed by atoms with van der Waals surface area (Å²) in [6.45, 7) is 9.20. The zero-order valence-electron chi connectivity index (χ0n) is 18.7. The molecule has 2 aliphatic heterocycles. The predicted molar refractivity (Wildman–Crippen MR) is 125 cm³/mol. The zero-order valence-corrected chi connectivity index (χ0v) is 19.5. The average molecular weight is 443 g/mol. The van der Waals surface area contributed by atoms with E-state index in [0.717, 1.165) is 79.6 Å². The van der Waals surface area contributed by atoms with Crippen LogP contribution >= 0.6 is 11.3 Å². The predicted octanol–water partition coefficient (Wildman–Crippen LogP) is 4.07. The topological polar surface area (TPSA) is 74.2 Å². The molecule has 1 atom stereocenters. The van der Waals surface area contributed by atoms with Crippen LogP contribution in [0.15, 0.2) is 18.2 Å². The summed E-state index contributed by atoms with van der Waals surface area (Å²) in [6.07, 6.45) is 6.14. The van der Waals surface area contributed by atoms with Gasteiger partial charge in [-0.25, -0.2) is 4.98 Å². The van der Waals surface area contributed by atoms with E-state index in [1.807, 2.05) is 12.1 Å². The molecule has 31 heavy (non-hydrogen) atoms. The van der Waals surface area contributed by atoms with Crippen LogP contribution in [0.4, 0.5) is 10.9 Å². The summed E-state index contributed by atoms with van der Waals surface area (Å²) in [4.78, 5) is 22.2. The Kier molecular flexibility index (Phi) is 7.50. The minimum absolute atomic E-state index is 0.288. The molecule has 2 aromatic rings. The van der Waals surface area contributed by atoms with Crippen molar-refractivity contribution in [2.45, 2.75) is 58.3 Å². The van der Waals surface area contributed by atoms with Gasteiger partial charge in [-0.05, 0) is 63.2 Å². The highest BCUT2D eigenvalue weighted by molar-refractivity contribution is 7.15. The fourth-order valence-electron chi connectivity index (χ4n) is 4.45. The first-order valence-corrected chi connectivity index (χ1v) is 12.5. The van der Waals surface area contributed by atoms with Crippen molar-refractivity contribution in [3.8, 4) is 0 Å². The second-order valence-electron chi connectivity index (χ2n) is 8.88. The fraction of sp³-hybridized carbons (Fsp3) is 0.652. The molecule has 2 fully saturated rings. The second-order valence-corrected chi connectivity index (χ2v) is 9.94. The fourth-order valence-corrected chi connectivity index (χ4v) is 5.13. The van der Waals surface area contributed by atoms with Crippen molar-refractivity contribution in [1.82, 2.24) is 25.0 Å². The highest BCUT2D eigenvalue weighted by Crippen LogP contribution is 2.28. The number of aromatic nitrogens is 3. The molecule has 4 heterocycles. The van der Waals surface area contributed by atoms with Crippen LogP contribution in [0.25, 0.3) is 0 Å². The summed E-state index contributed by atoms with van der Waals surface area (Å²) < 4.78 is 0. The molecule has 4 rings (SSSR count). The maximum atomic E-state index is 12.9. The molecule has 0 spiro atoms. The van der Waals surface area contributed by atoms with Crippen LogP contribution in [-0.4, -0.2) is 63.6 Å². The molecule has 2 aromatic heterocycles. The van der Waals surface area contributed by atoms with Crippen molar-refractivity contribution in [2.24, 2.45) is 5.92 Å². The van der Waals surface area contributed by atoms with Crippen LogP contribution in [0, 0.1) is 5.92 Å². The first-order valence-electron chi connectivity index (χ1n) is 11.7. The first kappa shape index (κ1) is 22.1. The van der Waals surface area contributed by atoms with E-state index >= 15 is 0 Å². The van der Waals surface area contributed by atoms with Crippen LogP contribution in [0.3, 0.4) is 0 Å². The normalized spacial score (nSPS) is 20.7. The number of piperidine rings is 2. The highest BCUT2D eigenvalue weighted by atomic mass is 32.1. The Balaban J connectivity index is 1.32. The van der Waals surface area contributed by atoms with E-state index < -0.39 is 0 Å². The molecule has 0 aliphatic carbocycles. The number of hydrogen-bond donors (Lipinski definition) is 1. The number of carbonyl (C=O) groups excluding carboxylic acids is 1. The van der Waals surface area contributed by atoms with E-state index in [1.165, 1.54) is 12.8 Å². The molecular weight excluding hydrogens is 408 g/mol. The van der Waals surface area contributed by atoms with Gasteiger partial charge in [-0.15, -0.1) is 10.2 Å². The van der Waals surface area contributed by atoms with Gasteiger partial charge in [-0.2, -0.15) is 0 Å². The number of likely N-dealkylation sites (tertiary alicyclic amines) is 2. The summed E-state index contributed by atoms with van der Waals surface area (Å²) in [7, 11) is 0. The summed E-state index contributed by atoms with van der Waals surface area (Å²) in [5.74, 6) is 2.20. The molecule has 2 saturated heterocycles. The van der Waals surface area contributed by atoms with Crippen molar-refractivity contribution in [2.75, 3.05) is 38.0 Å². The summed E-state index contributed by atoms with van der Waals surface area (Å²) >= 11 is 1.56. The molecule has 7 nitrogen and oxygen atoms in total. The molecule has 2 aliphatic rings. The third-order valence-electron chi connectivity index (χ3n) is 6.49. The van der Waals surface area contributed by atoms with Gasteiger partial charge in [-0.3, -0.25) is 4.79 Å². The molecule has 1 amide bonds. The lowest BCUT2D eigenvalue weighted by molar-refractivity contribution is -0.132. The third-order valence-corrected chi connectivity index (χ3v) is 7.47. The molecule has 8 heteroatoms. The van der Waals surface area contributed by atoms with E-state index in [9.17, 15) is 4.79 Å². The van der Waals surface area contributed by atoms with Gasteiger partial charge in [0.1, 0.15) is 10.8 Å². The number of amides is 1. The van der Waals surface area contributed by atoms with Crippen molar-refractivity contribution >= 4 is 28.2 Å². The highest BCUT2D eigenvalue weighted by Gasteiger charge is 2.26. The summed E-state index contributed by atoms with van der Waals surface area (Å²) in [5, 5.41) is 13.4.